The summed E-state index contributed by atoms with van der Waals surface area (Å²) in [6.07, 6.45) is 8.01. The van der Waals surface area contributed by atoms with Gasteiger partial charge in [-0.1, -0.05) is 25.7 Å². The fourth-order valence-corrected chi connectivity index (χ4v) is 2.29. The van der Waals surface area contributed by atoms with Crippen LogP contribution >= 0.6 is 0 Å². The lowest BCUT2D eigenvalue weighted by Crippen LogP contribution is -2.49. The van der Waals surface area contributed by atoms with Gasteiger partial charge in [-0.3, -0.25) is 4.79 Å². The molecule has 0 aromatic carbocycles. The average molecular weight is 227 g/mol. The predicted molar refractivity (Wildman–Crippen MR) is 65.3 cm³/mol. The van der Waals surface area contributed by atoms with E-state index in [9.17, 15) is 4.79 Å². The van der Waals surface area contributed by atoms with Crippen LogP contribution in [0.3, 0.4) is 0 Å². The van der Waals surface area contributed by atoms with Crippen molar-refractivity contribution in [2.75, 3.05) is 13.7 Å². The highest BCUT2D eigenvalue weighted by atomic mass is 16.5. The topological polar surface area (TPSA) is 38.3 Å². The van der Waals surface area contributed by atoms with Gasteiger partial charge in [-0.25, -0.2) is 0 Å². The molecule has 0 aromatic rings. The number of nitrogens with one attached hydrogen (secondary N) is 1. The average Bonchev–Trinajstić information content (AvgIpc) is 2.53. The predicted octanol–water partition coefficient (Wildman–Crippen LogP) is 2.50. The summed E-state index contributed by atoms with van der Waals surface area (Å²) in [5, 5.41) is 3.33. The Balaban J connectivity index is 2.34. The van der Waals surface area contributed by atoms with Crippen molar-refractivity contribution >= 4 is 5.97 Å². The van der Waals surface area contributed by atoms with Crippen LogP contribution < -0.4 is 5.32 Å². The van der Waals surface area contributed by atoms with Crippen LogP contribution in [0, 0.1) is 5.92 Å². The van der Waals surface area contributed by atoms with Gasteiger partial charge in [0.15, 0.2) is 0 Å². The van der Waals surface area contributed by atoms with Gasteiger partial charge in [0.05, 0.1) is 7.11 Å². The van der Waals surface area contributed by atoms with E-state index in [1.807, 2.05) is 13.8 Å². The zero-order chi connectivity index (χ0) is 12.0. The second-order valence-electron chi connectivity index (χ2n) is 5.36. The minimum atomic E-state index is -0.555. The van der Waals surface area contributed by atoms with Gasteiger partial charge in [0.2, 0.25) is 0 Å². The van der Waals surface area contributed by atoms with Gasteiger partial charge in [0, 0.05) is 0 Å². The molecule has 0 aromatic heterocycles. The van der Waals surface area contributed by atoms with Crippen molar-refractivity contribution < 1.29 is 9.53 Å². The number of methoxy groups -OCH3 is 1. The van der Waals surface area contributed by atoms with Crippen LogP contribution in [-0.4, -0.2) is 25.2 Å². The number of carbonyl (C=O) groups excluding carboxylic acids is 1. The maximum absolute atomic E-state index is 11.5. The van der Waals surface area contributed by atoms with Gasteiger partial charge >= 0.3 is 5.97 Å². The molecule has 1 aliphatic rings. The number of hydrogen-bond donors (Lipinski definition) is 1. The molecule has 0 saturated heterocycles. The Hall–Kier alpha value is -0.570. The Bertz CT molecular complexity index is 218. The quantitative estimate of drug-likeness (QED) is 0.592. The highest BCUT2D eigenvalue weighted by Crippen LogP contribution is 2.22. The summed E-state index contributed by atoms with van der Waals surface area (Å²) >= 11 is 0. The van der Waals surface area contributed by atoms with E-state index in [0.29, 0.717) is 0 Å². The Morgan fingerprint density at radius 1 is 1.25 bits per heavy atom. The smallest absolute Gasteiger partial charge is 0.325 e. The monoisotopic (exact) mass is 227 g/mol. The summed E-state index contributed by atoms with van der Waals surface area (Å²) in [6.45, 7) is 4.70. The SMILES string of the molecule is COC(=O)C(C)(C)NCC1CCCCCC1. The van der Waals surface area contributed by atoms with Crippen LogP contribution in [0.4, 0.5) is 0 Å². The van der Waals surface area contributed by atoms with E-state index in [4.69, 9.17) is 4.74 Å². The second kappa shape index (κ2) is 6.24. The Morgan fingerprint density at radius 3 is 2.31 bits per heavy atom. The van der Waals surface area contributed by atoms with Crippen molar-refractivity contribution in [3.63, 3.8) is 0 Å². The Labute approximate surface area is 98.9 Å². The molecule has 0 radical (unpaired) electrons. The lowest BCUT2D eigenvalue weighted by atomic mass is 9.98. The molecular formula is C13H25NO2. The summed E-state index contributed by atoms with van der Waals surface area (Å²) in [6, 6.07) is 0. The van der Waals surface area contributed by atoms with Gasteiger partial charge in [0.25, 0.3) is 0 Å². The molecule has 16 heavy (non-hydrogen) atoms. The Morgan fingerprint density at radius 2 is 1.81 bits per heavy atom. The first-order valence-electron chi connectivity index (χ1n) is 6.39. The molecule has 0 atom stereocenters. The summed E-state index contributed by atoms with van der Waals surface area (Å²) in [7, 11) is 1.44. The van der Waals surface area contributed by atoms with Gasteiger partial charge < -0.3 is 10.1 Å². The molecule has 3 nitrogen and oxygen atoms in total. The van der Waals surface area contributed by atoms with E-state index in [-0.39, 0.29) is 5.97 Å². The first-order chi connectivity index (χ1) is 7.56. The summed E-state index contributed by atoms with van der Waals surface area (Å²) in [5.41, 5.74) is -0.555. The maximum atomic E-state index is 11.5. The minimum absolute atomic E-state index is 0.180. The summed E-state index contributed by atoms with van der Waals surface area (Å²) in [4.78, 5) is 11.5. The maximum Gasteiger partial charge on any atom is 0.325 e. The molecular weight excluding hydrogens is 202 g/mol. The lowest BCUT2D eigenvalue weighted by molar-refractivity contribution is -0.147. The van der Waals surface area contributed by atoms with Gasteiger partial charge in [-0.15, -0.1) is 0 Å². The molecule has 0 amide bonds. The van der Waals surface area contributed by atoms with E-state index in [1.165, 1.54) is 45.6 Å². The van der Waals surface area contributed by atoms with E-state index < -0.39 is 5.54 Å². The van der Waals surface area contributed by atoms with Crippen LogP contribution in [0.5, 0.6) is 0 Å². The van der Waals surface area contributed by atoms with Crippen molar-refractivity contribution in [1.29, 1.82) is 0 Å². The standard InChI is InChI=1S/C13H25NO2/c1-13(2,12(15)16-3)14-10-11-8-6-4-5-7-9-11/h11,14H,4-10H2,1-3H3. The number of ether oxygens (including phenoxy) is 1. The van der Waals surface area contributed by atoms with E-state index in [2.05, 4.69) is 5.32 Å². The largest absolute Gasteiger partial charge is 0.468 e. The molecule has 0 bridgehead atoms. The zero-order valence-corrected chi connectivity index (χ0v) is 10.8. The zero-order valence-electron chi connectivity index (χ0n) is 10.8. The Kier molecular flexibility index (Phi) is 5.26. The molecule has 0 aliphatic heterocycles. The lowest BCUT2D eigenvalue weighted by Gasteiger charge is -2.26. The van der Waals surface area contributed by atoms with Gasteiger partial charge in [-0.2, -0.15) is 0 Å². The number of carbonyl (C=O) groups is 1. The van der Waals surface area contributed by atoms with Crippen molar-refractivity contribution in [1.82, 2.24) is 5.32 Å². The summed E-state index contributed by atoms with van der Waals surface area (Å²) < 4.78 is 4.78. The van der Waals surface area contributed by atoms with E-state index >= 15 is 0 Å². The highest BCUT2D eigenvalue weighted by molar-refractivity contribution is 5.79. The molecule has 1 saturated carbocycles. The molecule has 0 heterocycles. The molecule has 1 aliphatic carbocycles. The third-order valence-corrected chi connectivity index (χ3v) is 3.50. The normalized spacial score (nSPS) is 19.2. The highest BCUT2D eigenvalue weighted by Gasteiger charge is 2.28. The van der Waals surface area contributed by atoms with Gasteiger partial charge in [0.1, 0.15) is 5.54 Å². The van der Waals surface area contributed by atoms with Crippen LogP contribution in [0.15, 0.2) is 0 Å². The molecule has 0 unspecified atom stereocenters. The van der Waals surface area contributed by atoms with E-state index in [0.717, 1.165) is 12.5 Å². The van der Waals surface area contributed by atoms with Crippen molar-refractivity contribution in [3.8, 4) is 0 Å². The fraction of sp³-hybridized carbons (Fsp3) is 0.923. The first-order valence-corrected chi connectivity index (χ1v) is 6.39. The molecule has 1 rings (SSSR count). The summed E-state index contributed by atoms with van der Waals surface area (Å²) in [5.74, 6) is 0.549. The van der Waals surface area contributed by atoms with Crippen molar-refractivity contribution in [2.45, 2.75) is 57.9 Å². The molecule has 1 N–H and O–H groups in total. The third-order valence-electron chi connectivity index (χ3n) is 3.50. The van der Waals surface area contributed by atoms with Crippen LogP contribution in [0.2, 0.25) is 0 Å². The van der Waals surface area contributed by atoms with Crippen molar-refractivity contribution in [3.05, 3.63) is 0 Å². The molecule has 1 fully saturated rings. The first kappa shape index (κ1) is 13.5. The number of rotatable bonds is 4. The third kappa shape index (κ3) is 4.12. The molecule has 94 valence electrons. The fourth-order valence-electron chi connectivity index (χ4n) is 2.29. The van der Waals surface area contributed by atoms with Crippen LogP contribution in [0.25, 0.3) is 0 Å². The van der Waals surface area contributed by atoms with E-state index in [1.54, 1.807) is 0 Å². The molecule has 3 heteroatoms. The molecule has 0 spiro atoms. The van der Waals surface area contributed by atoms with Gasteiger partial charge in [-0.05, 0) is 39.2 Å². The van der Waals surface area contributed by atoms with Crippen LogP contribution in [0.1, 0.15) is 52.4 Å². The number of esters is 1. The second-order valence-corrected chi connectivity index (χ2v) is 5.36. The van der Waals surface area contributed by atoms with Crippen molar-refractivity contribution in [2.24, 2.45) is 5.92 Å². The van der Waals surface area contributed by atoms with Crippen LogP contribution in [-0.2, 0) is 9.53 Å². The number of hydrogen-bond acceptors (Lipinski definition) is 3. The minimum Gasteiger partial charge on any atom is -0.468 e.